The number of hydrogen-bond acceptors (Lipinski definition) is 3. The van der Waals surface area contributed by atoms with Gasteiger partial charge in [0.05, 0.1) is 13.2 Å². The van der Waals surface area contributed by atoms with Crippen molar-refractivity contribution in [2.24, 2.45) is 0 Å². The SMILES string of the molecule is CNCCOCCC(F)(F)CCNC. The van der Waals surface area contributed by atoms with Gasteiger partial charge in [0.1, 0.15) is 0 Å². The Balaban J connectivity index is 3.35. The van der Waals surface area contributed by atoms with Gasteiger partial charge in [0.25, 0.3) is 5.92 Å². The minimum atomic E-state index is -2.61. The molecule has 0 saturated carbocycles. The average molecular weight is 210 g/mol. The topological polar surface area (TPSA) is 33.3 Å². The largest absolute Gasteiger partial charge is 0.380 e. The van der Waals surface area contributed by atoms with E-state index in [1.165, 1.54) is 0 Å². The number of ether oxygens (including phenoxy) is 1. The van der Waals surface area contributed by atoms with E-state index < -0.39 is 5.92 Å². The van der Waals surface area contributed by atoms with Crippen LogP contribution in [0.4, 0.5) is 8.78 Å². The lowest BCUT2D eigenvalue weighted by Crippen LogP contribution is -2.25. The number of rotatable bonds is 9. The first-order chi connectivity index (χ1) is 6.62. The zero-order chi connectivity index (χ0) is 10.9. The first kappa shape index (κ1) is 13.7. The molecule has 0 aromatic carbocycles. The highest BCUT2D eigenvalue weighted by atomic mass is 19.3. The molecule has 0 aliphatic heterocycles. The van der Waals surface area contributed by atoms with Crippen molar-refractivity contribution in [3.63, 3.8) is 0 Å². The van der Waals surface area contributed by atoms with Crippen LogP contribution in [0.3, 0.4) is 0 Å². The van der Waals surface area contributed by atoms with E-state index in [4.69, 9.17) is 4.74 Å². The average Bonchev–Trinajstić information content (AvgIpc) is 2.15. The van der Waals surface area contributed by atoms with E-state index in [0.717, 1.165) is 0 Å². The van der Waals surface area contributed by atoms with Crippen molar-refractivity contribution in [1.82, 2.24) is 10.6 Å². The van der Waals surface area contributed by atoms with Gasteiger partial charge in [-0.3, -0.25) is 0 Å². The predicted octanol–water partition coefficient (Wildman–Crippen LogP) is 0.857. The smallest absolute Gasteiger partial charge is 0.251 e. The minimum Gasteiger partial charge on any atom is -0.380 e. The molecule has 3 nitrogen and oxygen atoms in total. The maximum absolute atomic E-state index is 13.0. The van der Waals surface area contributed by atoms with Crippen molar-refractivity contribution in [3.05, 3.63) is 0 Å². The quantitative estimate of drug-likeness (QED) is 0.554. The third kappa shape index (κ3) is 8.34. The lowest BCUT2D eigenvalue weighted by atomic mass is 10.2. The number of likely N-dealkylation sites (N-methyl/N-ethyl adjacent to an activating group) is 1. The molecule has 0 unspecified atom stereocenters. The predicted molar refractivity (Wildman–Crippen MR) is 52.9 cm³/mol. The first-order valence-corrected chi connectivity index (χ1v) is 4.87. The molecule has 0 heterocycles. The third-order valence-corrected chi connectivity index (χ3v) is 1.85. The summed E-state index contributed by atoms with van der Waals surface area (Å²) in [4.78, 5) is 0. The molecule has 86 valence electrons. The second-order valence-electron chi connectivity index (χ2n) is 3.18. The minimum absolute atomic E-state index is 0.123. The van der Waals surface area contributed by atoms with E-state index in [1.54, 1.807) is 14.1 Å². The Bertz CT molecular complexity index is 134. The van der Waals surface area contributed by atoms with Crippen LogP contribution in [0.5, 0.6) is 0 Å². The molecule has 14 heavy (non-hydrogen) atoms. The highest BCUT2D eigenvalue weighted by molar-refractivity contribution is 4.66. The van der Waals surface area contributed by atoms with Crippen molar-refractivity contribution >= 4 is 0 Å². The van der Waals surface area contributed by atoms with Crippen LogP contribution in [0.1, 0.15) is 12.8 Å². The number of hydrogen-bond donors (Lipinski definition) is 2. The molecule has 2 N–H and O–H groups in total. The molecule has 0 atom stereocenters. The van der Waals surface area contributed by atoms with Gasteiger partial charge >= 0.3 is 0 Å². The normalized spacial score (nSPS) is 12.0. The van der Waals surface area contributed by atoms with Crippen LogP contribution in [-0.4, -0.2) is 46.3 Å². The summed E-state index contributed by atoms with van der Waals surface area (Å²) in [5.74, 6) is -2.61. The maximum atomic E-state index is 13.0. The molecule has 5 heteroatoms. The van der Waals surface area contributed by atoms with Crippen molar-refractivity contribution < 1.29 is 13.5 Å². The van der Waals surface area contributed by atoms with Gasteiger partial charge in [-0.1, -0.05) is 0 Å². The van der Waals surface area contributed by atoms with Gasteiger partial charge in [-0.05, 0) is 14.1 Å². The molecule has 0 aliphatic rings. The van der Waals surface area contributed by atoms with Gasteiger partial charge in [0, 0.05) is 25.9 Å². The summed E-state index contributed by atoms with van der Waals surface area (Å²) in [6, 6.07) is 0. The van der Waals surface area contributed by atoms with Crippen molar-refractivity contribution in [3.8, 4) is 0 Å². The molecule has 0 spiro atoms. The first-order valence-electron chi connectivity index (χ1n) is 4.87. The van der Waals surface area contributed by atoms with Crippen LogP contribution in [0, 0.1) is 0 Å². The Hall–Kier alpha value is -0.260. The van der Waals surface area contributed by atoms with E-state index in [1.807, 2.05) is 0 Å². The molecule has 0 aromatic heterocycles. The molecular weight excluding hydrogens is 190 g/mol. The summed E-state index contributed by atoms with van der Waals surface area (Å²) in [6.07, 6.45) is -0.322. The van der Waals surface area contributed by atoms with E-state index in [0.29, 0.717) is 19.7 Å². The summed E-state index contributed by atoms with van der Waals surface area (Å²) in [5, 5.41) is 5.58. The highest BCUT2D eigenvalue weighted by Crippen LogP contribution is 2.21. The molecule has 0 radical (unpaired) electrons. The third-order valence-electron chi connectivity index (χ3n) is 1.85. The van der Waals surface area contributed by atoms with Crippen LogP contribution >= 0.6 is 0 Å². The number of nitrogens with one attached hydrogen (secondary N) is 2. The zero-order valence-corrected chi connectivity index (χ0v) is 8.91. The van der Waals surface area contributed by atoms with Crippen LogP contribution in [-0.2, 0) is 4.74 Å². The Morgan fingerprint density at radius 1 is 1.00 bits per heavy atom. The molecule has 0 fully saturated rings. The van der Waals surface area contributed by atoms with Crippen LogP contribution in [0.25, 0.3) is 0 Å². The second kappa shape index (κ2) is 8.08. The maximum Gasteiger partial charge on any atom is 0.251 e. The van der Waals surface area contributed by atoms with Crippen molar-refractivity contribution in [2.45, 2.75) is 18.8 Å². The van der Waals surface area contributed by atoms with Gasteiger partial charge in [-0.15, -0.1) is 0 Å². The lowest BCUT2D eigenvalue weighted by molar-refractivity contribution is -0.0384. The summed E-state index contributed by atoms with van der Waals surface area (Å²) in [7, 11) is 3.46. The molecular formula is C9H20F2N2O. The van der Waals surface area contributed by atoms with E-state index in [-0.39, 0.29) is 19.4 Å². The van der Waals surface area contributed by atoms with Crippen LogP contribution in [0.15, 0.2) is 0 Å². The van der Waals surface area contributed by atoms with Gasteiger partial charge in [-0.25, -0.2) is 8.78 Å². The van der Waals surface area contributed by atoms with Crippen molar-refractivity contribution in [2.75, 3.05) is 40.4 Å². The fourth-order valence-electron chi connectivity index (χ4n) is 0.931. The van der Waals surface area contributed by atoms with Crippen LogP contribution < -0.4 is 10.6 Å². The van der Waals surface area contributed by atoms with E-state index in [2.05, 4.69) is 10.6 Å². The highest BCUT2D eigenvalue weighted by Gasteiger charge is 2.27. The van der Waals surface area contributed by atoms with E-state index >= 15 is 0 Å². The Morgan fingerprint density at radius 3 is 2.21 bits per heavy atom. The summed E-state index contributed by atoms with van der Waals surface area (Å²) in [6.45, 7) is 1.64. The number of halogens is 2. The van der Waals surface area contributed by atoms with Gasteiger partial charge in [-0.2, -0.15) is 0 Å². The standard InChI is InChI=1S/C9H20F2N2O/c1-12-5-3-9(10,11)4-7-14-8-6-13-2/h12-13H,3-8H2,1-2H3. The Labute approximate surface area is 84.2 Å². The fraction of sp³-hybridized carbons (Fsp3) is 1.00. The molecule has 0 aliphatic carbocycles. The molecule has 0 rings (SSSR count). The molecule has 0 bridgehead atoms. The van der Waals surface area contributed by atoms with E-state index in [9.17, 15) is 8.78 Å². The van der Waals surface area contributed by atoms with Gasteiger partial charge in [0.15, 0.2) is 0 Å². The summed E-state index contributed by atoms with van der Waals surface area (Å²) >= 11 is 0. The number of alkyl halides is 2. The van der Waals surface area contributed by atoms with Crippen molar-refractivity contribution in [1.29, 1.82) is 0 Å². The Kier molecular flexibility index (Phi) is 7.93. The van der Waals surface area contributed by atoms with Gasteiger partial charge < -0.3 is 15.4 Å². The molecule has 0 amide bonds. The zero-order valence-electron chi connectivity index (χ0n) is 8.91. The molecule has 0 saturated heterocycles. The monoisotopic (exact) mass is 210 g/mol. The van der Waals surface area contributed by atoms with Gasteiger partial charge in [0.2, 0.25) is 0 Å². The second-order valence-corrected chi connectivity index (χ2v) is 3.18. The lowest BCUT2D eigenvalue weighted by Gasteiger charge is -2.15. The fourth-order valence-corrected chi connectivity index (χ4v) is 0.931. The van der Waals surface area contributed by atoms with Crippen LogP contribution in [0.2, 0.25) is 0 Å². The summed E-state index contributed by atoms with van der Waals surface area (Å²) in [5.41, 5.74) is 0. The summed E-state index contributed by atoms with van der Waals surface area (Å²) < 4.78 is 31.0. The molecule has 0 aromatic rings. The Morgan fingerprint density at radius 2 is 1.64 bits per heavy atom.